The highest BCUT2D eigenvalue weighted by atomic mass is 16.5. The fraction of sp³-hybridized carbons (Fsp3) is 0.385. The second-order valence-electron chi connectivity index (χ2n) is 3.46. The summed E-state index contributed by atoms with van der Waals surface area (Å²) in [6.45, 7) is 0.0703. The Bertz CT molecular complexity index is 329. The SMILES string of the molecule is C#C[C@@H](OCC(O)CCO)c1ccccc1. The van der Waals surface area contributed by atoms with E-state index in [0.29, 0.717) is 6.42 Å². The number of aliphatic hydroxyl groups is 2. The summed E-state index contributed by atoms with van der Waals surface area (Å²) in [4.78, 5) is 0. The van der Waals surface area contributed by atoms with Crippen LogP contribution < -0.4 is 0 Å². The van der Waals surface area contributed by atoms with Crippen LogP contribution in [0.1, 0.15) is 18.1 Å². The topological polar surface area (TPSA) is 49.7 Å². The Morgan fingerprint density at radius 2 is 2.00 bits per heavy atom. The molecule has 1 aromatic rings. The second-order valence-corrected chi connectivity index (χ2v) is 3.46. The minimum absolute atomic E-state index is 0.0589. The van der Waals surface area contributed by atoms with E-state index in [0.717, 1.165) is 5.56 Å². The number of benzene rings is 1. The summed E-state index contributed by atoms with van der Waals surface area (Å²) in [6.07, 6.45) is 4.53. The highest BCUT2D eigenvalue weighted by Crippen LogP contribution is 2.16. The summed E-state index contributed by atoms with van der Waals surface area (Å²) in [5.74, 6) is 2.52. The molecule has 0 aliphatic carbocycles. The van der Waals surface area contributed by atoms with Crippen LogP contribution in [0, 0.1) is 12.3 Å². The fourth-order valence-corrected chi connectivity index (χ4v) is 1.31. The van der Waals surface area contributed by atoms with Crippen LogP contribution in [-0.2, 0) is 4.74 Å². The molecule has 0 saturated heterocycles. The van der Waals surface area contributed by atoms with Gasteiger partial charge in [0, 0.05) is 6.61 Å². The lowest BCUT2D eigenvalue weighted by Crippen LogP contribution is -2.18. The van der Waals surface area contributed by atoms with Crippen molar-refractivity contribution >= 4 is 0 Å². The van der Waals surface area contributed by atoms with Gasteiger partial charge in [0.25, 0.3) is 0 Å². The summed E-state index contributed by atoms with van der Waals surface area (Å²) in [7, 11) is 0. The molecular weight excluding hydrogens is 204 g/mol. The zero-order valence-corrected chi connectivity index (χ0v) is 9.04. The molecule has 1 unspecified atom stereocenters. The van der Waals surface area contributed by atoms with Crippen molar-refractivity contribution in [2.45, 2.75) is 18.6 Å². The maximum atomic E-state index is 9.39. The van der Waals surface area contributed by atoms with Crippen molar-refractivity contribution in [3.8, 4) is 12.3 Å². The van der Waals surface area contributed by atoms with Crippen molar-refractivity contribution in [3.05, 3.63) is 35.9 Å². The van der Waals surface area contributed by atoms with Gasteiger partial charge < -0.3 is 14.9 Å². The lowest BCUT2D eigenvalue weighted by Gasteiger charge is -2.15. The molecule has 1 aromatic carbocycles. The largest absolute Gasteiger partial charge is 0.396 e. The first-order valence-corrected chi connectivity index (χ1v) is 5.19. The highest BCUT2D eigenvalue weighted by molar-refractivity contribution is 5.23. The molecule has 0 saturated carbocycles. The van der Waals surface area contributed by atoms with Crippen LogP contribution in [0.4, 0.5) is 0 Å². The van der Waals surface area contributed by atoms with Crippen molar-refractivity contribution in [2.75, 3.05) is 13.2 Å². The van der Waals surface area contributed by atoms with Crippen LogP contribution in [0.3, 0.4) is 0 Å². The summed E-state index contributed by atoms with van der Waals surface area (Å²) < 4.78 is 5.39. The average molecular weight is 220 g/mol. The fourth-order valence-electron chi connectivity index (χ4n) is 1.31. The molecule has 0 aromatic heterocycles. The van der Waals surface area contributed by atoms with Crippen LogP contribution in [0.25, 0.3) is 0 Å². The molecule has 0 heterocycles. The molecule has 0 aliphatic heterocycles. The number of rotatable bonds is 6. The van der Waals surface area contributed by atoms with Gasteiger partial charge in [-0.25, -0.2) is 0 Å². The van der Waals surface area contributed by atoms with Crippen molar-refractivity contribution in [1.29, 1.82) is 0 Å². The van der Waals surface area contributed by atoms with Crippen molar-refractivity contribution < 1.29 is 14.9 Å². The molecule has 0 radical (unpaired) electrons. The van der Waals surface area contributed by atoms with Crippen LogP contribution >= 0.6 is 0 Å². The van der Waals surface area contributed by atoms with Gasteiger partial charge in [0.05, 0.1) is 12.7 Å². The molecule has 2 N–H and O–H groups in total. The smallest absolute Gasteiger partial charge is 0.143 e. The summed E-state index contributed by atoms with van der Waals surface area (Å²) in [5, 5.41) is 18.0. The summed E-state index contributed by atoms with van der Waals surface area (Å²) in [6, 6.07) is 9.42. The van der Waals surface area contributed by atoms with E-state index in [2.05, 4.69) is 5.92 Å². The predicted octanol–water partition coefficient (Wildman–Crippen LogP) is 1.12. The Kier molecular flexibility index (Phi) is 5.58. The zero-order chi connectivity index (χ0) is 11.8. The first-order valence-electron chi connectivity index (χ1n) is 5.19. The van der Waals surface area contributed by atoms with Crippen LogP contribution in [0.5, 0.6) is 0 Å². The molecule has 1 rings (SSSR count). The van der Waals surface area contributed by atoms with E-state index in [4.69, 9.17) is 16.3 Å². The van der Waals surface area contributed by atoms with Gasteiger partial charge in [-0.15, -0.1) is 6.42 Å². The maximum absolute atomic E-state index is 9.39. The number of ether oxygens (including phenoxy) is 1. The lowest BCUT2D eigenvalue weighted by atomic mass is 10.1. The second kappa shape index (κ2) is 7.02. The van der Waals surface area contributed by atoms with E-state index in [1.54, 1.807) is 0 Å². The third-order valence-corrected chi connectivity index (χ3v) is 2.17. The predicted molar refractivity (Wildman–Crippen MR) is 61.7 cm³/mol. The van der Waals surface area contributed by atoms with E-state index in [1.165, 1.54) is 0 Å². The molecule has 2 atom stereocenters. The Labute approximate surface area is 95.7 Å². The summed E-state index contributed by atoms with van der Waals surface area (Å²) >= 11 is 0. The quantitative estimate of drug-likeness (QED) is 0.706. The monoisotopic (exact) mass is 220 g/mol. The van der Waals surface area contributed by atoms with Gasteiger partial charge in [0.15, 0.2) is 0 Å². The van der Waals surface area contributed by atoms with Gasteiger partial charge in [-0.05, 0) is 12.0 Å². The number of hydrogen-bond donors (Lipinski definition) is 2. The normalized spacial score (nSPS) is 14.1. The van der Waals surface area contributed by atoms with E-state index in [1.807, 2.05) is 30.3 Å². The first-order chi connectivity index (χ1) is 7.77. The molecule has 3 nitrogen and oxygen atoms in total. The minimum Gasteiger partial charge on any atom is -0.396 e. The van der Waals surface area contributed by atoms with Gasteiger partial charge in [-0.3, -0.25) is 0 Å². The van der Waals surface area contributed by atoms with E-state index in [9.17, 15) is 5.11 Å². The zero-order valence-electron chi connectivity index (χ0n) is 9.04. The Balaban J connectivity index is 2.48. The molecule has 0 fully saturated rings. The van der Waals surface area contributed by atoms with E-state index < -0.39 is 12.2 Å². The molecule has 16 heavy (non-hydrogen) atoms. The van der Waals surface area contributed by atoms with Crippen LogP contribution in [0.2, 0.25) is 0 Å². The first kappa shape index (κ1) is 12.7. The molecule has 3 heteroatoms. The maximum Gasteiger partial charge on any atom is 0.143 e. The summed E-state index contributed by atoms with van der Waals surface area (Å²) in [5.41, 5.74) is 0.890. The molecule has 86 valence electrons. The number of hydrogen-bond acceptors (Lipinski definition) is 3. The van der Waals surface area contributed by atoms with E-state index >= 15 is 0 Å². The third-order valence-electron chi connectivity index (χ3n) is 2.17. The molecule has 0 spiro atoms. The van der Waals surface area contributed by atoms with Gasteiger partial charge in [-0.2, -0.15) is 0 Å². The third kappa shape index (κ3) is 4.03. The van der Waals surface area contributed by atoms with Crippen LogP contribution in [0.15, 0.2) is 30.3 Å². The molecule has 0 amide bonds. The van der Waals surface area contributed by atoms with Crippen molar-refractivity contribution in [3.63, 3.8) is 0 Å². The van der Waals surface area contributed by atoms with Crippen molar-refractivity contribution in [2.24, 2.45) is 0 Å². The van der Waals surface area contributed by atoms with Gasteiger partial charge in [0.1, 0.15) is 6.10 Å². The van der Waals surface area contributed by atoms with Gasteiger partial charge in [-0.1, -0.05) is 36.3 Å². The Hall–Kier alpha value is -1.34. The Morgan fingerprint density at radius 1 is 1.31 bits per heavy atom. The van der Waals surface area contributed by atoms with Crippen LogP contribution in [-0.4, -0.2) is 29.5 Å². The van der Waals surface area contributed by atoms with Gasteiger partial charge in [0.2, 0.25) is 0 Å². The van der Waals surface area contributed by atoms with E-state index in [-0.39, 0.29) is 13.2 Å². The number of aliphatic hydroxyl groups excluding tert-OH is 2. The standard InChI is InChI=1S/C13H16O3/c1-2-13(11-6-4-3-5-7-11)16-10-12(15)8-9-14/h1,3-7,12-15H,8-10H2/t12?,13-/m1/s1. The molecule has 0 aliphatic rings. The Morgan fingerprint density at radius 3 is 2.56 bits per heavy atom. The van der Waals surface area contributed by atoms with Gasteiger partial charge >= 0.3 is 0 Å². The van der Waals surface area contributed by atoms with Crippen molar-refractivity contribution in [1.82, 2.24) is 0 Å². The number of terminal acetylenes is 1. The average Bonchev–Trinajstić information content (AvgIpc) is 2.31. The lowest BCUT2D eigenvalue weighted by molar-refractivity contribution is 0.00282. The minimum atomic E-state index is -0.676. The highest BCUT2D eigenvalue weighted by Gasteiger charge is 2.11. The molecular formula is C13H16O3. The molecule has 0 bridgehead atoms.